The van der Waals surface area contributed by atoms with Crippen LogP contribution < -0.4 is 4.74 Å². The minimum atomic E-state index is -0.370. The van der Waals surface area contributed by atoms with Crippen molar-refractivity contribution in [2.45, 2.75) is 25.3 Å². The van der Waals surface area contributed by atoms with Gasteiger partial charge in [-0.05, 0) is 52.9 Å². The van der Waals surface area contributed by atoms with Crippen LogP contribution in [0.1, 0.15) is 36.4 Å². The number of benzene rings is 3. The van der Waals surface area contributed by atoms with Gasteiger partial charge >= 0.3 is 0 Å². The smallest absolute Gasteiger partial charge is 0.263 e. The molecule has 3 amide bonds. The van der Waals surface area contributed by atoms with Gasteiger partial charge in [-0.1, -0.05) is 60.7 Å². The Kier molecular flexibility index (Phi) is 5.83. The molecule has 2 heterocycles. The van der Waals surface area contributed by atoms with Crippen molar-refractivity contribution in [1.82, 2.24) is 9.91 Å². The Morgan fingerprint density at radius 3 is 2.27 bits per heavy atom. The molecule has 6 rings (SSSR count). The molecule has 0 saturated carbocycles. The number of carbonyl (C=O) groups excluding carboxylic acids is 3. The van der Waals surface area contributed by atoms with Gasteiger partial charge in [0.05, 0.1) is 30.7 Å². The lowest BCUT2D eigenvalue weighted by Gasteiger charge is -2.24. The monoisotopic (exact) mass is 493 g/mol. The van der Waals surface area contributed by atoms with E-state index < -0.39 is 0 Å². The Hall–Kier alpha value is -4.26. The van der Waals surface area contributed by atoms with Gasteiger partial charge in [-0.25, -0.2) is 5.01 Å². The lowest BCUT2D eigenvalue weighted by atomic mass is 9.85. The molecule has 3 aromatic rings. The van der Waals surface area contributed by atoms with Gasteiger partial charge in [-0.2, -0.15) is 5.10 Å². The van der Waals surface area contributed by atoms with E-state index in [4.69, 9.17) is 9.84 Å². The van der Waals surface area contributed by atoms with Gasteiger partial charge in [-0.3, -0.25) is 19.3 Å². The average Bonchev–Trinajstić information content (AvgIpc) is 3.49. The zero-order chi connectivity index (χ0) is 25.5. The third kappa shape index (κ3) is 4.10. The topological polar surface area (TPSA) is 79.3 Å². The summed E-state index contributed by atoms with van der Waals surface area (Å²) in [7, 11) is 1.61. The summed E-state index contributed by atoms with van der Waals surface area (Å²) in [5.41, 5.74) is 2.64. The zero-order valence-electron chi connectivity index (χ0n) is 20.5. The molecule has 1 saturated heterocycles. The van der Waals surface area contributed by atoms with Crippen molar-refractivity contribution < 1.29 is 19.1 Å². The minimum absolute atomic E-state index is 0.258. The Balaban J connectivity index is 1.31. The van der Waals surface area contributed by atoms with E-state index >= 15 is 0 Å². The molecule has 0 aromatic heterocycles. The second-order valence-corrected chi connectivity index (χ2v) is 9.76. The Labute approximate surface area is 215 Å². The zero-order valence-corrected chi connectivity index (χ0v) is 20.5. The van der Waals surface area contributed by atoms with Crippen LogP contribution in [0.2, 0.25) is 0 Å². The highest BCUT2D eigenvalue weighted by Crippen LogP contribution is 2.37. The standard InChI is InChI=1S/C30H27N3O4/c1-37-23-14-12-20(13-15-23)27-17-26(22-11-10-19-6-2-3-7-21(19)16-22)31-33(27)28(34)18-32-29(35)24-8-4-5-9-25(24)30(32)36/h2-7,10-16,24-25,27H,8-9,17-18H2,1H3/t24-,25+,27-/m1/s1. The molecular weight excluding hydrogens is 466 g/mol. The van der Waals surface area contributed by atoms with Crippen molar-refractivity contribution in [2.24, 2.45) is 16.9 Å². The molecular formula is C30H27N3O4. The quantitative estimate of drug-likeness (QED) is 0.388. The van der Waals surface area contributed by atoms with Gasteiger partial charge in [0.2, 0.25) is 11.8 Å². The van der Waals surface area contributed by atoms with Crippen LogP contribution in [0.15, 0.2) is 84.0 Å². The van der Waals surface area contributed by atoms with E-state index in [1.54, 1.807) is 7.11 Å². The van der Waals surface area contributed by atoms with Crippen LogP contribution in [0.4, 0.5) is 0 Å². The number of hydrogen-bond donors (Lipinski definition) is 0. The number of hydrazone groups is 1. The maximum atomic E-state index is 13.6. The van der Waals surface area contributed by atoms with E-state index in [1.807, 2.05) is 54.6 Å². The summed E-state index contributed by atoms with van der Waals surface area (Å²) in [4.78, 5) is 40.7. The number of allylic oxidation sites excluding steroid dienone is 2. The number of fused-ring (bicyclic) bond motifs is 2. The summed E-state index contributed by atoms with van der Waals surface area (Å²) < 4.78 is 5.30. The lowest BCUT2D eigenvalue weighted by molar-refractivity contribution is -0.147. The average molecular weight is 494 g/mol. The highest BCUT2D eigenvalue weighted by Gasteiger charge is 2.48. The summed E-state index contributed by atoms with van der Waals surface area (Å²) in [6, 6.07) is 21.5. The summed E-state index contributed by atoms with van der Waals surface area (Å²) >= 11 is 0. The van der Waals surface area contributed by atoms with E-state index in [9.17, 15) is 14.4 Å². The fraction of sp³-hybridized carbons (Fsp3) is 0.267. The molecule has 0 bridgehead atoms. The van der Waals surface area contributed by atoms with Crippen molar-refractivity contribution in [3.05, 3.63) is 90.0 Å². The molecule has 7 heteroatoms. The van der Waals surface area contributed by atoms with Gasteiger partial charge < -0.3 is 4.74 Å². The first kappa shape index (κ1) is 23.2. The molecule has 3 aliphatic rings. The first-order valence-electron chi connectivity index (χ1n) is 12.6. The fourth-order valence-corrected chi connectivity index (χ4v) is 5.60. The van der Waals surface area contributed by atoms with Crippen molar-refractivity contribution in [1.29, 1.82) is 0 Å². The van der Waals surface area contributed by atoms with E-state index in [-0.39, 0.29) is 42.1 Å². The second-order valence-electron chi connectivity index (χ2n) is 9.76. The first-order chi connectivity index (χ1) is 18.0. The highest BCUT2D eigenvalue weighted by atomic mass is 16.5. The van der Waals surface area contributed by atoms with Crippen LogP contribution in [0.5, 0.6) is 5.75 Å². The second kappa shape index (κ2) is 9.32. The molecule has 186 valence electrons. The van der Waals surface area contributed by atoms with E-state index in [2.05, 4.69) is 24.3 Å². The van der Waals surface area contributed by atoms with Gasteiger partial charge in [0, 0.05) is 6.42 Å². The summed E-state index contributed by atoms with van der Waals surface area (Å²) in [6.07, 6.45) is 5.49. The van der Waals surface area contributed by atoms with E-state index in [0.717, 1.165) is 38.3 Å². The third-order valence-electron chi connectivity index (χ3n) is 7.64. The molecule has 3 atom stereocenters. The number of ether oxygens (including phenoxy) is 1. The number of imide groups is 1. The molecule has 0 unspecified atom stereocenters. The number of nitrogens with zero attached hydrogens (tertiary/aromatic N) is 3. The molecule has 2 aliphatic heterocycles. The molecule has 0 radical (unpaired) electrons. The van der Waals surface area contributed by atoms with E-state index in [0.29, 0.717) is 19.3 Å². The number of rotatable bonds is 5. The summed E-state index contributed by atoms with van der Waals surface area (Å²) in [6.45, 7) is -0.300. The summed E-state index contributed by atoms with van der Waals surface area (Å²) in [5.74, 6) is -0.890. The molecule has 3 aromatic carbocycles. The highest BCUT2D eigenvalue weighted by molar-refractivity contribution is 6.09. The largest absolute Gasteiger partial charge is 0.497 e. The van der Waals surface area contributed by atoms with Crippen molar-refractivity contribution >= 4 is 34.2 Å². The third-order valence-corrected chi connectivity index (χ3v) is 7.64. The summed E-state index contributed by atoms with van der Waals surface area (Å²) in [5, 5.41) is 8.43. The molecule has 7 nitrogen and oxygen atoms in total. The normalized spacial score (nSPS) is 22.9. The van der Waals surface area contributed by atoms with Crippen molar-refractivity contribution in [3.8, 4) is 5.75 Å². The molecule has 1 aliphatic carbocycles. The SMILES string of the molecule is COc1ccc([C@H]2CC(c3ccc4ccccc4c3)=NN2C(=O)CN2C(=O)[C@H]3CC=CC[C@H]3C2=O)cc1. The van der Waals surface area contributed by atoms with Crippen LogP contribution in [-0.2, 0) is 14.4 Å². The molecule has 0 spiro atoms. The number of carbonyl (C=O) groups is 3. The van der Waals surface area contributed by atoms with Gasteiger partial charge in [0.15, 0.2) is 0 Å². The van der Waals surface area contributed by atoms with Gasteiger partial charge in [0.25, 0.3) is 5.91 Å². The van der Waals surface area contributed by atoms with Crippen molar-refractivity contribution in [2.75, 3.05) is 13.7 Å². The minimum Gasteiger partial charge on any atom is -0.497 e. The Morgan fingerprint density at radius 1 is 0.919 bits per heavy atom. The molecule has 37 heavy (non-hydrogen) atoms. The van der Waals surface area contributed by atoms with Crippen molar-refractivity contribution in [3.63, 3.8) is 0 Å². The predicted molar refractivity (Wildman–Crippen MR) is 140 cm³/mol. The molecule has 1 fully saturated rings. The Morgan fingerprint density at radius 2 is 1.59 bits per heavy atom. The van der Waals surface area contributed by atoms with Gasteiger partial charge in [0.1, 0.15) is 12.3 Å². The maximum absolute atomic E-state index is 13.6. The number of amides is 3. The number of likely N-dealkylation sites (tertiary alicyclic amines) is 1. The number of hydrogen-bond acceptors (Lipinski definition) is 5. The fourth-order valence-electron chi connectivity index (χ4n) is 5.60. The van der Waals surface area contributed by atoms with Crippen LogP contribution >= 0.6 is 0 Å². The van der Waals surface area contributed by atoms with Crippen LogP contribution in [0.25, 0.3) is 10.8 Å². The molecule has 0 N–H and O–H groups in total. The maximum Gasteiger partial charge on any atom is 0.263 e. The first-order valence-corrected chi connectivity index (χ1v) is 12.6. The van der Waals surface area contributed by atoms with Crippen LogP contribution in [-0.4, -0.2) is 47.0 Å². The predicted octanol–water partition coefficient (Wildman–Crippen LogP) is 4.48. The van der Waals surface area contributed by atoms with Crippen LogP contribution in [0, 0.1) is 11.8 Å². The Bertz CT molecular complexity index is 1430. The number of methoxy groups -OCH3 is 1. The van der Waals surface area contributed by atoms with E-state index in [1.165, 1.54) is 5.01 Å². The van der Waals surface area contributed by atoms with Gasteiger partial charge in [-0.15, -0.1) is 0 Å². The lowest BCUT2D eigenvalue weighted by Crippen LogP contribution is -2.41. The van der Waals surface area contributed by atoms with Crippen LogP contribution in [0.3, 0.4) is 0 Å².